The zero-order chi connectivity index (χ0) is 18.4. The minimum atomic E-state index is -3.49. The maximum Gasteiger partial charge on any atom is 0.243 e. The molecular weight excluding hydrogens is 336 g/mol. The number of carbonyl (C=O) groups is 1. The predicted molar refractivity (Wildman–Crippen MR) is 97.8 cm³/mol. The van der Waals surface area contributed by atoms with Crippen LogP contribution in [0.5, 0.6) is 0 Å². The van der Waals surface area contributed by atoms with E-state index in [2.05, 4.69) is 27.7 Å². The number of piperazine rings is 1. The highest BCUT2D eigenvalue weighted by Crippen LogP contribution is 2.39. The van der Waals surface area contributed by atoms with Gasteiger partial charge >= 0.3 is 0 Å². The summed E-state index contributed by atoms with van der Waals surface area (Å²) in [6.45, 7) is 10.1. The molecule has 1 aromatic carbocycles. The Morgan fingerprint density at radius 1 is 1.04 bits per heavy atom. The van der Waals surface area contributed by atoms with Crippen LogP contribution in [0.2, 0.25) is 0 Å². The molecule has 3 rings (SSSR count). The SMILES string of the molecule is CC1CC1C(=O)N1CCN(S(=O)(=O)c2ccc(C(C)(C)C)cc2)CC1. The maximum atomic E-state index is 12.8. The van der Waals surface area contributed by atoms with Gasteiger partial charge in [-0.2, -0.15) is 4.31 Å². The van der Waals surface area contributed by atoms with Gasteiger partial charge in [0.15, 0.2) is 0 Å². The van der Waals surface area contributed by atoms with Crippen LogP contribution in [-0.2, 0) is 20.2 Å². The van der Waals surface area contributed by atoms with E-state index in [1.807, 2.05) is 17.0 Å². The Kier molecular flexibility index (Phi) is 4.71. The number of sulfonamides is 1. The van der Waals surface area contributed by atoms with Crippen molar-refractivity contribution in [3.63, 3.8) is 0 Å². The quantitative estimate of drug-likeness (QED) is 0.828. The van der Waals surface area contributed by atoms with Crippen molar-refractivity contribution >= 4 is 15.9 Å². The smallest absolute Gasteiger partial charge is 0.243 e. The molecule has 2 fully saturated rings. The lowest BCUT2D eigenvalue weighted by molar-refractivity contribution is -0.134. The molecule has 0 aromatic heterocycles. The van der Waals surface area contributed by atoms with Gasteiger partial charge in [0.1, 0.15) is 0 Å². The highest BCUT2D eigenvalue weighted by Gasteiger charge is 2.42. The van der Waals surface area contributed by atoms with Crippen LogP contribution in [-0.4, -0.2) is 49.7 Å². The third-order valence-electron chi connectivity index (χ3n) is 5.34. The minimum Gasteiger partial charge on any atom is -0.340 e. The molecular formula is C19H28N2O3S. The van der Waals surface area contributed by atoms with Crippen LogP contribution < -0.4 is 0 Å². The zero-order valence-corrected chi connectivity index (χ0v) is 16.3. The van der Waals surface area contributed by atoms with E-state index in [-0.39, 0.29) is 17.2 Å². The van der Waals surface area contributed by atoms with Gasteiger partial charge < -0.3 is 4.90 Å². The Morgan fingerprint density at radius 3 is 2.00 bits per heavy atom. The molecule has 0 radical (unpaired) electrons. The number of hydrogen-bond donors (Lipinski definition) is 0. The topological polar surface area (TPSA) is 57.7 Å². The second-order valence-electron chi connectivity index (χ2n) is 8.32. The van der Waals surface area contributed by atoms with Gasteiger partial charge in [-0.15, -0.1) is 0 Å². The molecule has 1 saturated carbocycles. The molecule has 2 aliphatic rings. The summed E-state index contributed by atoms with van der Waals surface area (Å²) in [6, 6.07) is 7.17. The molecule has 0 N–H and O–H groups in total. The summed E-state index contributed by atoms with van der Waals surface area (Å²) >= 11 is 0. The molecule has 1 aromatic rings. The van der Waals surface area contributed by atoms with Crippen LogP contribution >= 0.6 is 0 Å². The average molecular weight is 365 g/mol. The van der Waals surface area contributed by atoms with Crippen molar-refractivity contribution in [3.05, 3.63) is 29.8 Å². The summed E-state index contributed by atoms with van der Waals surface area (Å²) in [7, 11) is -3.49. The Morgan fingerprint density at radius 2 is 1.56 bits per heavy atom. The molecule has 138 valence electrons. The number of carbonyl (C=O) groups excluding carboxylic acids is 1. The fraction of sp³-hybridized carbons (Fsp3) is 0.632. The van der Waals surface area contributed by atoms with Gasteiger partial charge in [-0.25, -0.2) is 8.42 Å². The van der Waals surface area contributed by atoms with Crippen molar-refractivity contribution in [2.45, 2.75) is 44.4 Å². The third kappa shape index (κ3) is 3.75. The van der Waals surface area contributed by atoms with Crippen LogP contribution in [0.3, 0.4) is 0 Å². The van der Waals surface area contributed by atoms with Gasteiger partial charge in [0, 0.05) is 32.1 Å². The van der Waals surface area contributed by atoms with E-state index < -0.39 is 10.0 Å². The second kappa shape index (κ2) is 6.40. The summed E-state index contributed by atoms with van der Waals surface area (Å²) in [5.74, 6) is 0.836. The predicted octanol–water partition coefficient (Wildman–Crippen LogP) is 2.47. The largest absolute Gasteiger partial charge is 0.340 e. The molecule has 0 spiro atoms. The van der Waals surface area contributed by atoms with E-state index >= 15 is 0 Å². The lowest BCUT2D eigenvalue weighted by atomic mass is 9.87. The highest BCUT2D eigenvalue weighted by atomic mass is 32.2. The van der Waals surface area contributed by atoms with Crippen LogP contribution in [0.15, 0.2) is 29.2 Å². The summed E-state index contributed by atoms with van der Waals surface area (Å²) in [5, 5.41) is 0. The molecule has 25 heavy (non-hydrogen) atoms. The molecule has 1 saturated heterocycles. The molecule has 1 aliphatic heterocycles. The second-order valence-corrected chi connectivity index (χ2v) is 10.3. The minimum absolute atomic E-state index is 0.00573. The highest BCUT2D eigenvalue weighted by molar-refractivity contribution is 7.89. The van der Waals surface area contributed by atoms with Gasteiger partial charge in [0.05, 0.1) is 4.90 Å². The number of nitrogens with zero attached hydrogens (tertiary/aromatic N) is 2. The van der Waals surface area contributed by atoms with E-state index in [9.17, 15) is 13.2 Å². The van der Waals surface area contributed by atoms with Crippen molar-refractivity contribution in [2.24, 2.45) is 11.8 Å². The standard InChI is InChI=1S/C19H28N2O3S/c1-14-13-17(14)18(22)20-9-11-21(12-10-20)25(23,24)16-7-5-15(6-8-16)19(2,3)4/h5-8,14,17H,9-13H2,1-4H3. The van der Waals surface area contributed by atoms with Crippen molar-refractivity contribution < 1.29 is 13.2 Å². The van der Waals surface area contributed by atoms with Gasteiger partial charge in [-0.3, -0.25) is 4.79 Å². The van der Waals surface area contributed by atoms with Crippen molar-refractivity contribution in [3.8, 4) is 0 Å². The zero-order valence-electron chi connectivity index (χ0n) is 15.5. The monoisotopic (exact) mass is 364 g/mol. The summed E-state index contributed by atoms with van der Waals surface area (Å²) in [5.41, 5.74) is 1.11. The molecule has 2 atom stereocenters. The summed E-state index contributed by atoms with van der Waals surface area (Å²) < 4.78 is 27.2. The number of hydrogen-bond acceptors (Lipinski definition) is 3. The van der Waals surface area contributed by atoms with E-state index in [0.29, 0.717) is 37.0 Å². The van der Waals surface area contributed by atoms with Crippen molar-refractivity contribution in [2.75, 3.05) is 26.2 Å². The molecule has 1 aliphatic carbocycles. The molecule has 1 heterocycles. The Balaban J connectivity index is 1.66. The van der Waals surface area contributed by atoms with Crippen LogP contribution in [0.1, 0.15) is 39.7 Å². The first-order chi connectivity index (χ1) is 11.6. The third-order valence-corrected chi connectivity index (χ3v) is 7.25. The molecule has 5 nitrogen and oxygen atoms in total. The van der Waals surface area contributed by atoms with Crippen LogP contribution in [0.4, 0.5) is 0 Å². The number of amides is 1. The van der Waals surface area contributed by atoms with E-state index in [1.54, 1.807) is 12.1 Å². The molecule has 2 unspecified atom stereocenters. The first-order valence-corrected chi connectivity index (χ1v) is 10.4. The lowest BCUT2D eigenvalue weighted by Crippen LogP contribution is -2.51. The van der Waals surface area contributed by atoms with Crippen LogP contribution in [0, 0.1) is 11.8 Å². The number of rotatable bonds is 3. The van der Waals surface area contributed by atoms with E-state index in [4.69, 9.17) is 0 Å². The first-order valence-electron chi connectivity index (χ1n) is 9.00. The van der Waals surface area contributed by atoms with Gasteiger partial charge in [0.25, 0.3) is 0 Å². The van der Waals surface area contributed by atoms with Gasteiger partial charge in [0.2, 0.25) is 15.9 Å². The lowest BCUT2D eigenvalue weighted by Gasteiger charge is -2.34. The van der Waals surface area contributed by atoms with Crippen molar-refractivity contribution in [1.82, 2.24) is 9.21 Å². The number of benzene rings is 1. The van der Waals surface area contributed by atoms with Gasteiger partial charge in [-0.05, 0) is 35.4 Å². The average Bonchev–Trinajstić information content (AvgIpc) is 3.30. The first kappa shape index (κ1) is 18.4. The van der Waals surface area contributed by atoms with Gasteiger partial charge in [-0.1, -0.05) is 39.8 Å². The molecule has 1 amide bonds. The Bertz CT molecular complexity index is 742. The summed E-state index contributed by atoms with van der Waals surface area (Å²) in [6.07, 6.45) is 0.970. The molecule has 0 bridgehead atoms. The fourth-order valence-corrected chi connectivity index (χ4v) is 4.75. The molecule has 6 heteroatoms. The normalized spacial score (nSPS) is 25.0. The Hall–Kier alpha value is -1.40. The van der Waals surface area contributed by atoms with Crippen LogP contribution in [0.25, 0.3) is 0 Å². The summed E-state index contributed by atoms with van der Waals surface area (Å²) in [4.78, 5) is 14.4. The van der Waals surface area contributed by atoms with E-state index in [1.165, 1.54) is 4.31 Å². The fourth-order valence-electron chi connectivity index (χ4n) is 3.33. The van der Waals surface area contributed by atoms with Crippen molar-refractivity contribution in [1.29, 1.82) is 0 Å². The van der Waals surface area contributed by atoms with E-state index in [0.717, 1.165) is 12.0 Å². The maximum absolute atomic E-state index is 12.8. The Labute approximate surface area is 151 Å².